The number of ether oxygens (including phenoxy) is 1. The van der Waals surface area contributed by atoms with Crippen molar-refractivity contribution in [1.29, 1.82) is 0 Å². The van der Waals surface area contributed by atoms with Gasteiger partial charge in [0.05, 0.1) is 22.8 Å². The molecule has 264 valence electrons. The highest BCUT2D eigenvalue weighted by molar-refractivity contribution is 6.16. The third-order valence-electron chi connectivity index (χ3n) is 11.5. The van der Waals surface area contributed by atoms with E-state index in [0.717, 1.165) is 36.4 Å². The van der Waals surface area contributed by atoms with E-state index in [2.05, 4.69) is 197 Å². The standard InChI is InChI=1S/C51H39N3O/c1-4-12-36(13-5-1)51-52-50-48(55-51)31-25-35-20-21-38-32-42(28-29-43(38)49(35)50)54-46-19-11-10-18-44(46)45-33-37(24-30-47(45)54)34-22-26-41(27-23-34)53(39-14-6-2-7-15-39)40-16-8-3-9-17-40/h2-4,6-16,18-33,40,51-52H,1,5,17H2. The zero-order chi connectivity index (χ0) is 36.3. The molecule has 1 N–H and O–H groups in total. The number of hydrogen-bond donors (Lipinski definition) is 1. The summed E-state index contributed by atoms with van der Waals surface area (Å²) in [6.45, 7) is 0. The van der Waals surface area contributed by atoms with Crippen molar-refractivity contribution < 1.29 is 4.74 Å². The molecule has 0 amide bonds. The van der Waals surface area contributed by atoms with Crippen molar-refractivity contribution in [2.75, 3.05) is 10.2 Å². The van der Waals surface area contributed by atoms with Gasteiger partial charge in [-0.3, -0.25) is 0 Å². The number of para-hydroxylation sites is 2. The van der Waals surface area contributed by atoms with E-state index in [0.29, 0.717) is 0 Å². The Labute approximate surface area is 320 Å². The fourth-order valence-electron chi connectivity index (χ4n) is 8.90. The van der Waals surface area contributed by atoms with Crippen LogP contribution in [-0.2, 0) is 0 Å². The Bertz CT molecular complexity index is 2910. The molecule has 2 heterocycles. The average molecular weight is 710 g/mol. The van der Waals surface area contributed by atoms with Crippen LogP contribution in [0, 0.1) is 0 Å². The molecule has 3 aliphatic rings. The van der Waals surface area contributed by atoms with Crippen LogP contribution in [0.3, 0.4) is 0 Å². The third kappa shape index (κ3) is 5.36. The number of nitrogens with zero attached hydrogens (tertiary/aromatic N) is 2. The van der Waals surface area contributed by atoms with Crippen molar-refractivity contribution in [2.24, 2.45) is 0 Å². The largest absolute Gasteiger partial charge is 0.464 e. The van der Waals surface area contributed by atoms with Crippen molar-refractivity contribution in [3.63, 3.8) is 0 Å². The molecule has 55 heavy (non-hydrogen) atoms. The number of allylic oxidation sites excluding steroid dienone is 4. The number of fused-ring (bicyclic) bond motifs is 8. The van der Waals surface area contributed by atoms with E-state index < -0.39 is 0 Å². The maximum atomic E-state index is 6.44. The molecule has 2 unspecified atom stereocenters. The van der Waals surface area contributed by atoms with E-state index in [1.54, 1.807) is 0 Å². The third-order valence-corrected chi connectivity index (χ3v) is 11.5. The summed E-state index contributed by atoms with van der Waals surface area (Å²) in [5.41, 5.74) is 10.6. The average Bonchev–Trinajstić information content (AvgIpc) is 3.84. The number of rotatable bonds is 6. The van der Waals surface area contributed by atoms with Crippen LogP contribution in [0.4, 0.5) is 17.1 Å². The van der Waals surface area contributed by atoms with E-state index in [4.69, 9.17) is 4.74 Å². The van der Waals surface area contributed by atoms with Gasteiger partial charge in [0.25, 0.3) is 0 Å². The SMILES string of the molecule is C1=CCC(N(c2ccccc2)c2ccc(-c3ccc4c(c3)c3ccccc3n4-c3ccc4c(ccc5ccc6c(c54)NC(C4=CCCC=C4)O6)c3)cc2)C=C1. The van der Waals surface area contributed by atoms with E-state index in [-0.39, 0.29) is 12.3 Å². The Morgan fingerprint density at radius 3 is 2.27 bits per heavy atom. The lowest BCUT2D eigenvalue weighted by Crippen LogP contribution is -2.29. The molecular weight excluding hydrogens is 671 g/mol. The Hall–Kier alpha value is -6.78. The van der Waals surface area contributed by atoms with Gasteiger partial charge >= 0.3 is 0 Å². The Morgan fingerprint density at radius 1 is 0.618 bits per heavy atom. The number of anilines is 3. The molecule has 0 saturated carbocycles. The summed E-state index contributed by atoms with van der Waals surface area (Å²) in [7, 11) is 0. The van der Waals surface area contributed by atoms with E-state index in [1.165, 1.54) is 71.4 Å². The minimum atomic E-state index is -0.160. The van der Waals surface area contributed by atoms with Gasteiger partial charge in [0.1, 0.15) is 5.75 Å². The van der Waals surface area contributed by atoms with Gasteiger partial charge in [-0.25, -0.2) is 0 Å². The Kier molecular flexibility index (Phi) is 7.48. The molecule has 2 aliphatic carbocycles. The lowest BCUT2D eigenvalue weighted by atomic mass is 9.99. The van der Waals surface area contributed by atoms with Gasteiger partial charge in [-0.1, -0.05) is 121 Å². The molecule has 0 bridgehead atoms. The van der Waals surface area contributed by atoms with Gasteiger partial charge in [0, 0.05) is 38.8 Å². The highest BCUT2D eigenvalue weighted by Crippen LogP contribution is 2.44. The van der Waals surface area contributed by atoms with E-state index in [9.17, 15) is 0 Å². The first-order valence-electron chi connectivity index (χ1n) is 19.4. The van der Waals surface area contributed by atoms with Crippen LogP contribution in [0.15, 0.2) is 188 Å². The summed E-state index contributed by atoms with van der Waals surface area (Å²) >= 11 is 0. The van der Waals surface area contributed by atoms with Crippen molar-refractivity contribution in [3.05, 3.63) is 188 Å². The number of nitrogens with one attached hydrogen (secondary N) is 1. The minimum Gasteiger partial charge on any atom is -0.464 e. The second kappa shape index (κ2) is 13.0. The van der Waals surface area contributed by atoms with Crippen molar-refractivity contribution >= 4 is 60.4 Å². The first-order valence-corrected chi connectivity index (χ1v) is 19.4. The van der Waals surface area contributed by atoms with Gasteiger partial charge in [0.15, 0.2) is 6.23 Å². The first-order chi connectivity index (χ1) is 27.3. The van der Waals surface area contributed by atoms with Crippen LogP contribution in [0.1, 0.15) is 19.3 Å². The summed E-state index contributed by atoms with van der Waals surface area (Å²) in [4.78, 5) is 2.44. The lowest BCUT2D eigenvalue weighted by Gasteiger charge is -2.32. The van der Waals surface area contributed by atoms with Crippen molar-refractivity contribution in [2.45, 2.75) is 31.5 Å². The summed E-state index contributed by atoms with van der Waals surface area (Å²) in [5, 5.41) is 11.1. The topological polar surface area (TPSA) is 29.4 Å². The Morgan fingerprint density at radius 2 is 1.42 bits per heavy atom. The maximum Gasteiger partial charge on any atom is 0.196 e. The highest BCUT2D eigenvalue weighted by atomic mass is 16.5. The molecule has 0 radical (unpaired) electrons. The zero-order valence-corrected chi connectivity index (χ0v) is 30.4. The highest BCUT2D eigenvalue weighted by Gasteiger charge is 2.27. The van der Waals surface area contributed by atoms with Crippen LogP contribution >= 0.6 is 0 Å². The van der Waals surface area contributed by atoms with Crippen LogP contribution < -0.4 is 15.0 Å². The lowest BCUT2D eigenvalue weighted by molar-refractivity contribution is 0.293. The summed E-state index contributed by atoms with van der Waals surface area (Å²) in [6, 6.07) is 51.4. The fraction of sp³-hybridized carbons (Fsp3) is 0.0980. The number of aromatic nitrogens is 1. The number of benzene rings is 7. The first kappa shape index (κ1) is 31.7. The molecule has 1 aromatic heterocycles. The second-order valence-electron chi connectivity index (χ2n) is 14.8. The van der Waals surface area contributed by atoms with Gasteiger partial charge in [-0.05, 0) is 107 Å². The predicted molar refractivity (Wildman–Crippen MR) is 231 cm³/mol. The van der Waals surface area contributed by atoms with Gasteiger partial charge < -0.3 is 19.5 Å². The van der Waals surface area contributed by atoms with Gasteiger partial charge in [0.2, 0.25) is 0 Å². The van der Waals surface area contributed by atoms with Crippen molar-refractivity contribution in [3.8, 4) is 22.6 Å². The van der Waals surface area contributed by atoms with Crippen LogP contribution in [0.2, 0.25) is 0 Å². The molecule has 4 nitrogen and oxygen atoms in total. The predicted octanol–water partition coefficient (Wildman–Crippen LogP) is 13.2. The molecule has 11 rings (SSSR count). The smallest absolute Gasteiger partial charge is 0.196 e. The second-order valence-corrected chi connectivity index (χ2v) is 14.8. The monoisotopic (exact) mass is 709 g/mol. The molecule has 8 aromatic rings. The van der Waals surface area contributed by atoms with E-state index >= 15 is 0 Å². The van der Waals surface area contributed by atoms with Crippen LogP contribution in [0.25, 0.3) is 60.2 Å². The molecule has 0 spiro atoms. The summed E-state index contributed by atoms with van der Waals surface area (Å²) < 4.78 is 8.86. The molecule has 1 aliphatic heterocycles. The van der Waals surface area contributed by atoms with Gasteiger partial charge in [-0.15, -0.1) is 0 Å². The molecule has 7 aromatic carbocycles. The molecular formula is C51H39N3O. The van der Waals surface area contributed by atoms with E-state index in [1.807, 2.05) is 0 Å². The zero-order valence-electron chi connectivity index (χ0n) is 30.4. The fourth-order valence-corrected chi connectivity index (χ4v) is 8.90. The molecule has 4 heteroatoms. The normalized spacial score (nSPS) is 17.4. The number of hydrogen-bond acceptors (Lipinski definition) is 3. The van der Waals surface area contributed by atoms with Crippen molar-refractivity contribution in [1.82, 2.24) is 4.57 Å². The molecule has 0 saturated heterocycles. The summed E-state index contributed by atoms with van der Waals surface area (Å²) in [5.74, 6) is 0.911. The maximum absolute atomic E-state index is 6.44. The minimum absolute atomic E-state index is 0.160. The van der Waals surface area contributed by atoms with Crippen LogP contribution in [-0.4, -0.2) is 16.8 Å². The molecule has 2 atom stereocenters. The molecule has 0 fully saturated rings. The van der Waals surface area contributed by atoms with Crippen LogP contribution in [0.5, 0.6) is 5.75 Å². The quantitative estimate of drug-likeness (QED) is 0.174. The van der Waals surface area contributed by atoms with Gasteiger partial charge in [-0.2, -0.15) is 0 Å². The summed E-state index contributed by atoms with van der Waals surface area (Å²) in [6.07, 6.45) is 18.5. The Balaban J connectivity index is 0.972.